The van der Waals surface area contributed by atoms with Crippen LogP contribution < -0.4 is 0 Å². The number of hydrogen-bond donors (Lipinski definition) is 1. The van der Waals surface area contributed by atoms with Crippen molar-refractivity contribution in [1.82, 2.24) is 14.8 Å². The van der Waals surface area contributed by atoms with Gasteiger partial charge in [0.1, 0.15) is 11.6 Å². The van der Waals surface area contributed by atoms with Crippen LogP contribution in [0.2, 0.25) is 0 Å². The highest BCUT2D eigenvalue weighted by atomic mass is 16.6. The lowest BCUT2D eigenvalue weighted by Gasteiger charge is -2.46. The van der Waals surface area contributed by atoms with Crippen LogP contribution in [0.3, 0.4) is 0 Å². The van der Waals surface area contributed by atoms with E-state index in [1.165, 1.54) is 4.90 Å². The number of aromatic amines is 1. The first kappa shape index (κ1) is 21.2. The molecule has 1 fully saturated rings. The summed E-state index contributed by atoms with van der Waals surface area (Å²) in [7, 11) is 0. The minimum absolute atomic E-state index is 0.109. The fraction of sp³-hybridized carbons (Fsp3) is 0.346. The summed E-state index contributed by atoms with van der Waals surface area (Å²) < 4.78 is 5.71. The molecular formula is C26H27N3O4. The number of para-hydroxylation sites is 1. The first-order valence-electron chi connectivity index (χ1n) is 11.2. The van der Waals surface area contributed by atoms with Gasteiger partial charge < -0.3 is 14.6 Å². The van der Waals surface area contributed by atoms with Crippen LogP contribution in [-0.2, 0) is 27.3 Å². The quantitative estimate of drug-likeness (QED) is 0.609. The largest absolute Gasteiger partial charge is 0.458 e. The van der Waals surface area contributed by atoms with Crippen LogP contribution >= 0.6 is 0 Å². The van der Waals surface area contributed by atoms with Gasteiger partial charge in [0.2, 0.25) is 5.91 Å². The standard InChI is InChI=1S/C26H27N3O4/c1-26(2,3)33-24(31)21-13-18-17-11-7-8-12-19(17)27-23(18)20-14-22(30)28(25(32)29(20)21)15-16-9-5-4-6-10-16/h4-12,20-21,27H,13-15H2,1-3H3/t20-,21+/m1/s1. The molecule has 7 heteroatoms. The van der Waals surface area contributed by atoms with Crippen LogP contribution in [0, 0.1) is 0 Å². The minimum Gasteiger partial charge on any atom is -0.458 e. The monoisotopic (exact) mass is 445 g/mol. The number of nitrogens with zero attached hydrogens (tertiary/aromatic N) is 2. The number of carbonyl (C=O) groups is 3. The van der Waals surface area contributed by atoms with Crippen molar-refractivity contribution in [3.63, 3.8) is 0 Å². The molecule has 170 valence electrons. The molecule has 1 saturated heterocycles. The van der Waals surface area contributed by atoms with Gasteiger partial charge in [-0.2, -0.15) is 0 Å². The molecule has 33 heavy (non-hydrogen) atoms. The summed E-state index contributed by atoms with van der Waals surface area (Å²) in [5.74, 6) is -0.703. The first-order valence-corrected chi connectivity index (χ1v) is 11.2. The number of benzene rings is 2. The minimum atomic E-state index is -0.806. The number of carbonyl (C=O) groups excluding carboxylic acids is 3. The van der Waals surface area contributed by atoms with Gasteiger partial charge in [-0.25, -0.2) is 9.59 Å². The Hall–Kier alpha value is -3.61. The SMILES string of the molecule is CC(C)(C)OC(=O)[C@@H]1Cc2c([nH]c3ccccc23)[C@H]2CC(=O)N(Cc3ccccc3)C(=O)N21. The van der Waals surface area contributed by atoms with Crippen molar-refractivity contribution in [3.8, 4) is 0 Å². The molecule has 2 aliphatic heterocycles. The van der Waals surface area contributed by atoms with E-state index < -0.39 is 29.7 Å². The van der Waals surface area contributed by atoms with Crippen LogP contribution in [0.5, 0.6) is 0 Å². The third-order valence-electron chi connectivity index (χ3n) is 6.23. The maximum atomic E-state index is 13.7. The number of urea groups is 1. The van der Waals surface area contributed by atoms with Crippen molar-refractivity contribution < 1.29 is 19.1 Å². The molecular weight excluding hydrogens is 418 g/mol. The maximum absolute atomic E-state index is 13.7. The molecule has 3 heterocycles. The average molecular weight is 446 g/mol. The highest BCUT2D eigenvalue weighted by Crippen LogP contribution is 2.42. The number of imide groups is 1. The van der Waals surface area contributed by atoms with Gasteiger partial charge in [-0.3, -0.25) is 9.69 Å². The zero-order valence-corrected chi connectivity index (χ0v) is 19.0. The van der Waals surface area contributed by atoms with Gasteiger partial charge in [0.25, 0.3) is 0 Å². The molecule has 0 unspecified atom stereocenters. The van der Waals surface area contributed by atoms with Crippen LogP contribution in [0.15, 0.2) is 54.6 Å². The fourth-order valence-electron chi connectivity index (χ4n) is 4.85. The van der Waals surface area contributed by atoms with Crippen molar-refractivity contribution in [1.29, 1.82) is 0 Å². The summed E-state index contributed by atoms with van der Waals surface area (Å²) in [5, 5.41) is 1.01. The number of hydrogen-bond acceptors (Lipinski definition) is 4. The predicted octanol–water partition coefficient (Wildman–Crippen LogP) is 4.33. The fourth-order valence-corrected chi connectivity index (χ4v) is 4.85. The smallest absolute Gasteiger partial charge is 0.329 e. The second kappa shape index (κ2) is 7.76. The Morgan fingerprint density at radius 1 is 1.03 bits per heavy atom. The number of H-pyrrole nitrogens is 1. The molecule has 3 aromatic rings. The number of esters is 1. The van der Waals surface area contributed by atoms with Crippen molar-refractivity contribution in [3.05, 3.63) is 71.4 Å². The Morgan fingerprint density at radius 2 is 1.73 bits per heavy atom. The topological polar surface area (TPSA) is 82.7 Å². The Labute approximate surface area is 192 Å². The Kier molecular flexibility index (Phi) is 5.00. The Bertz CT molecular complexity index is 1240. The number of ether oxygens (including phenoxy) is 1. The summed E-state index contributed by atoms with van der Waals surface area (Å²) in [4.78, 5) is 46.3. The normalized spacial score (nSPS) is 20.6. The van der Waals surface area contributed by atoms with Crippen LogP contribution in [0.4, 0.5) is 4.79 Å². The molecule has 0 saturated carbocycles. The zero-order valence-electron chi connectivity index (χ0n) is 19.0. The van der Waals surface area contributed by atoms with Crippen LogP contribution in [0.25, 0.3) is 10.9 Å². The van der Waals surface area contributed by atoms with Gasteiger partial charge in [-0.1, -0.05) is 48.5 Å². The second-order valence-corrected chi connectivity index (χ2v) is 9.69. The molecule has 2 aliphatic rings. The van der Waals surface area contributed by atoms with E-state index in [0.717, 1.165) is 27.7 Å². The number of amides is 3. The third-order valence-corrected chi connectivity index (χ3v) is 6.23. The summed E-state index contributed by atoms with van der Waals surface area (Å²) in [5.41, 5.74) is 2.90. The molecule has 0 radical (unpaired) electrons. The molecule has 0 spiro atoms. The van der Waals surface area contributed by atoms with E-state index in [1.54, 1.807) is 4.90 Å². The van der Waals surface area contributed by atoms with Crippen molar-refractivity contribution >= 4 is 28.8 Å². The zero-order chi connectivity index (χ0) is 23.3. The van der Waals surface area contributed by atoms with Crippen LogP contribution in [-0.4, -0.2) is 44.3 Å². The van der Waals surface area contributed by atoms with E-state index in [0.29, 0.717) is 6.42 Å². The highest BCUT2D eigenvalue weighted by Gasteiger charge is 2.50. The molecule has 2 aromatic carbocycles. The molecule has 5 rings (SSSR count). The molecule has 7 nitrogen and oxygen atoms in total. The van der Waals surface area contributed by atoms with Gasteiger partial charge >= 0.3 is 12.0 Å². The van der Waals surface area contributed by atoms with Crippen molar-refractivity contribution in [2.24, 2.45) is 0 Å². The number of nitrogens with one attached hydrogen (secondary N) is 1. The van der Waals surface area contributed by atoms with E-state index in [2.05, 4.69) is 4.98 Å². The van der Waals surface area contributed by atoms with Crippen molar-refractivity contribution in [2.75, 3.05) is 0 Å². The summed E-state index contributed by atoms with van der Waals surface area (Å²) in [6, 6.07) is 15.4. The Morgan fingerprint density at radius 3 is 2.45 bits per heavy atom. The Balaban J connectivity index is 1.57. The van der Waals surface area contributed by atoms with Gasteiger partial charge in [-0.15, -0.1) is 0 Å². The lowest BCUT2D eigenvalue weighted by molar-refractivity contribution is -0.163. The van der Waals surface area contributed by atoms with Crippen molar-refractivity contribution in [2.45, 2.75) is 57.8 Å². The first-order chi connectivity index (χ1) is 15.7. The van der Waals surface area contributed by atoms with Gasteiger partial charge in [0.05, 0.1) is 19.0 Å². The molecule has 1 N–H and O–H groups in total. The van der Waals surface area contributed by atoms with Gasteiger partial charge in [0, 0.05) is 23.0 Å². The molecule has 2 atom stereocenters. The molecule has 3 amide bonds. The van der Waals surface area contributed by atoms with Crippen LogP contribution in [0.1, 0.15) is 50.1 Å². The number of rotatable bonds is 3. The molecule has 0 aliphatic carbocycles. The van der Waals surface area contributed by atoms with E-state index in [1.807, 2.05) is 75.4 Å². The van der Waals surface area contributed by atoms with E-state index in [4.69, 9.17) is 4.74 Å². The summed E-state index contributed by atoms with van der Waals surface area (Å²) in [6.45, 7) is 5.60. The lowest BCUT2D eigenvalue weighted by atomic mass is 9.88. The highest BCUT2D eigenvalue weighted by molar-refractivity contribution is 6.00. The predicted molar refractivity (Wildman–Crippen MR) is 123 cm³/mol. The number of fused-ring (bicyclic) bond motifs is 5. The lowest BCUT2D eigenvalue weighted by Crippen LogP contribution is -2.61. The van der Waals surface area contributed by atoms with E-state index >= 15 is 0 Å². The summed E-state index contributed by atoms with van der Waals surface area (Å²) >= 11 is 0. The average Bonchev–Trinajstić information content (AvgIpc) is 3.14. The number of aromatic nitrogens is 1. The van der Waals surface area contributed by atoms with Gasteiger partial charge in [0.15, 0.2) is 0 Å². The van der Waals surface area contributed by atoms with E-state index in [-0.39, 0.29) is 18.9 Å². The maximum Gasteiger partial charge on any atom is 0.329 e. The van der Waals surface area contributed by atoms with E-state index in [9.17, 15) is 14.4 Å². The summed E-state index contributed by atoms with van der Waals surface area (Å²) in [6.07, 6.45) is 0.446. The second-order valence-electron chi connectivity index (χ2n) is 9.69. The molecule has 1 aromatic heterocycles. The third kappa shape index (κ3) is 3.77. The molecule has 0 bridgehead atoms. The van der Waals surface area contributed by atoms with Gasteiger partial charge in [-0.05, 0) is 38.0 Å².